The molecule has 5 nitrogen and oxygen atoms in total. The average molecular weight is 481 g/mol. The third-order valence-corrected chi connectivity index (χ3v) is 6.97. The van der Waals surface area contributed by atoms with Crippen molar-refractivity contribution >= 4 is 46.1 Å². The molecule has 0 saturated carbocycles. The summed E-state index contributed by atoms with van der Waals surface area (Å²) in [7, 11) is 0. The van der Waals surface area contributed by atoms with Crippen molar-refractivity contribution in [3.05, 3.63) is 46.5 Å². The summed E-state index contributed by atoms with van der Waals surface area (Å²) in [5.74, 6) is 2.92. The van der Waals surface area contributed by atoms with Crippen molar-refractivity contribution in [2.75, 3.05) is 20.1 Å². The van der Waals surface area contributed by atoms with Crippen LogP contribution in [0, 0.1) is 0 Å². The molecule has 0 aromatic heterocycles. The Hall–Kier alpha value is -1.95. The maximum absolute atomic E-state index is 6.63. The summed E-state index contributed by atoms with van der Waals surface area (Å²) in [5.41, 5.74) is 6.61. The van der Waals surface area contributed by atoms with Crippen LogP contribution in [0.1, 0.15) is 48.1 Å². The Morgan fingerprint density at radius 1 is 0.968 bits per heavy atom. The molecule has 8 heteroatoms. The Morgan fingerprint density at radius 3 is 2.48 bits per heavy atom. The van der Waals surface area contributed by atoms with Crippen LogP contribution in [0.25, 0.3) is 11.3 Å². The number of nitrogens with zero attached hydrogens (tertiary/aromatic N) is 1. The Balaban J connectivity index is 1.66. The van der Waals surface area contributed by atoms with Gasteiger partial charge in [0.15, 0.2) is 23.0 Å². The minimum Gasteiger partial charge on any atom is -0.454 e. The highest BCUT2D eigenvalue weighted by Gasteiger charge is 2.48. The lowest BCUT2D eigenvalue weighted by molar-refractivity contribution is 0.171. The molecule has 0 N–H and O–H groups in total. The second-order valence-corrected chi connectivity index (χ2v) is 10.5. The highest BCUT2D eigenvalue weighted by molar-refractivity contribution is 6.68. The second-order valence-electron chi connectivity index (χ2n) is 8.09. The Morgan fingerprint density at radius 2 is 1.71 bits per heavy atom. The van der Waals surface area contributed by atoms with Gasteiger partial charge in [-0.15, -0.1) is 0 Å². The number of alkyl halides is 3. The summed E-state index contributed by atoms with van der Waals surface area (Å²) in [5, 5.41) is 0. The van der Waals surface area contributed by atoms with Gasteiger partial charge in [0.25, 0.3) is 0 Å². The van der Waals surface area contributed by atoms with Crippen LogP contribution in [0.2, 0.25) is 0 Å². The lowest BCUT2D eigenvalue weighted by atomic mass is 9.80. The van der Waals surface area contributed by atoms with Gasteiger partial charge in [-0.2, -0.15) is 0 Å². The van der Waals surface area contributed by atoms with Gasteiger partial charge in [0.05, 0.1) is 0 Å². The molecule has 0 saturated heterocycles. The topological polar surface area (TPSA) is 40.2 Å². The molecule has 2 aromatic rings. The molecular weight excluding hydrogens is 461 g/mol. The van der Waals surface area contributed by atoms with E-state index >= 15 is 0 Å². The highest BCUT2D eigenvalue weighted by atomic mass is 35.6. The number of fused-ring (bicyclic) bond motifs is 7. The van der Waals surface area contributed by atoms with Crippen LogP contribution in [-0.2, 0) is 6.42 Å². The Kier molecular flexibility index (Phi) is 4.47. The molecule has 31 heavy (non-hydrogen) atoms. The van der Waals surface area contributed by atoms with Crippen LogP contribution in [0.15, 0.2) is 24.3 Å². The summed E-state index contributed by atoms with van der Waals surface area (Å²) in [6, 6.07) is 7.68. The zero-order valence-electron chi connectivity index (χ0n) is 16.8. The van der Waals surface area contributed by atoms with Crippen LogP contribution < -0.4 is 18.9 Å². The molecule has 162 valence electrons. The third kappa shape index (κ3) is 2.90. The monoisotopic (exact) mass is 479 g/mol. The standard InChI is InChI=1S/C23H20Cl3NO4/c1-2-3-14-13-4-5-16-21(31-11-28-16)19(13)22(23(24,25)26)27-7-6-12-8-17-18(30-10-29-17)9-15(12)20(14)27/h4-5,8-9,22H,2-3,6-7,10-11H2,1H3/t22-/m1/s1. The van der Waals surface area contributed by atoms with E-state index in [0.29, 0.717) is 11.5 Å². The maximum Gasteiger partial charge on any atom is 0.231 e. The van der Waals surface area contributed by atoms with Crippen molar-refractivity contribution in [1.82, 2.24) is 4.90 Å². The van der Waals surface area contributed by atoms with Crippen LogP contribution in [0.5, 0.6) is 23.0 Å². The van der Waals surface area contributed by atoms with E-state index < -0.39 is 9.83 Å². The summed E-state index contributed by atoms with van der Waals surface area (Å²) in [6.07, 6.45) is 2.69. The van der Waals surface area contributed by atoms with Crippen molar-refractivity contribution in [3.8, 4) is 23.0 Å². The van der Waals surface area contributed by atoms with Crippen LogP contribution in [0.3, 0.4) is 0 Å². The van der Waals surface area contributed by atoms with E-state index in [1.807, 2.05) is 6.07 Å². The molecule has 4 heterocycles. The average Bonchev–Trinajstić information content (AvgIpc) is 3.39. The van der Waals surface area contributed by atoms with Gasteiger partial charge in [0.1, 0.15) is 6.04 Å². The third-order valence-electron chi connectivity index (χ3n) is 6.35. The van der Waals surface area contributed by atoms with Gasteiger partial charge in [0.2, 0.25) is 17.4 Å². The van der Waals surface area contributed by atoms with Gasteiger partial charge in [0, 0.05) is 23.4 Å². The molecule has 4 aliphatic rings. The number of ether oxygens (including phenoxy) is 4. The first-order chi connectivity index (χ1) is 15.0. The lowest BCUT2D eigenvalue weighted by Gasteiger charge is -2.47. The fourth-order valence-corrected chi connectivity index (χ4v) is 5.85. The molecule has 0 aliphatic carbocycles. The van der Waals surface area contributed by atoms with Crippen molar-refractivity contribution in [3.63, 3.8) is 0 Å². The molecule has 1 atom stereocenters. The number of rotatable bonds is 2. The summed E-state index contributed by atoms with van der Waals surface area (Å²) >= 11 is 19.9. The molecular formula is C23H20Cl3NO4. The first kappa shape index (κ1) is 19.7. The minimum absolute atomic E-state index is 0.171. The quantitative estimate of drug-likeness (QED) is 0.486. The summed E-state index contributed by atoms with van der Waals surface area (Å²) in [4.78, 5) is 2.23. The maximum atomic E-state index is 6.63. The van der Waals surface area contributed by atoms with Gasteiger partial charge < -0.3 is 23.8 Å². The van der Waals surface area contributed by atoms with Crippen molar-refractivity contribution in [2.24, 2.45) is 0 Å². The molecule has 0 spiro atoms. The normalized spacial score (nSPS) is 20.5. The number of allylic oxidation sites excluding steroid dienone is 1. The molecule has 4 aliphatic heterocycles. The second kappa shape index (κ2) is 7.03. The molecule has 0 fully saturated rings. The van der Waals surface area contributed by atoms with E-state index in [1.165, 1.54) is 11.1 Å². The fraction of sp³-hybridized carbons (Fsp3) is 0.391. The lowest BCUT2D eigenvalue weighted by Crippen LogP contribution is -2.42. The largest absolute Gasteiger partial charge is 0.454 e. The number of benzene rings is 2. The van der Waals surface area contributed by atoms with Crippen LogP contribution >= 0.6 is 34.8 Å². The van der Waals surface area contributed by atoms with Crippen LogP contribution in [-0.4, -0.2) is 28.8 Å². The van der Waals surface area contributed by atoms with E-state index in [4.69, 9.17) is 53.8 Å². The van der Waals surface area contributed by atoms with E-state index in [1.54, 1.807) is 0 Å². The molecule has 2 aromatic carbocycles. The van der Waals surface area contributed by atoms with E-state index in [0.717, 1.165) is 59.7 Å². The predicted molar refractivity (Wildman–Crippen MR) is 120 cm³/mol. The Labute approximate surface area is 195 Å². The van der Waals surface area contributed by atoms with Crippen LogP contribution in [0.4, 0.5) is 0 Å². The minimum atomic E-state index is -1.56. The number of hydrogen-bond acceptors (Lipinski definition) is 5. The number of halogens is 3. The van der Waals surface area contributed by atoms with Gasteiger partial charge in [-0.25, -0.2) is 0 Å². The summed E-state index contributed by atoms with van der Waals surface area (Å²) < 4.78 is 21.3. The van der Waals surface area contributed by atoms with E-state index in [9.17, 15) is 0 Å². The molecule has 0 amide bonds. The fourth-order valence-electron chi connectivity index (χ4n) is 5.17. The van der Waals surface area contributed by atoms with Gasteiger partial charge in [-0.05, 0) is 47.7 Å². The molecule has 6 rings (SSSR count). The summed E-state index contributed by atoms with van der Waals surface area (Å²) in [6.45, 7) is 3.31. The van der Waals surface area contributed by atoms with Gasteiger partial charge in [-0.3, -0.25) is 0 Å². The molecule has 0 bridgehead atoms. The predicted octanol–water partition coefficient (Wildman–Crippen LogP) is 6.10. The van der Waals surface area contributed by atoms with Crippen molar-refractivity contribution < 1.29 is 18.9 Å². The van der Waals surface area contributed by atoms with E-state index in [-0.39, 0.29) is 13.6 Å². The SMILES string of the molecule is CCCC1=C2c3cc4c(cc3CCN2[C@@H](C(Cl)(Cl)Cl)c2c1ccc1c2OCO1)OCO4. The van der Waals surface area contributed by atoms with Gasteiger partial charge >= 0.3 is 0 Å². The first-order valence-corrected chi connectivity index (χ1v) is 11.5. The van der Waals surface area contributed by atoms with Crippen molar-refractivity contribution in [1.29, 1.82) is 0 Å². The zero-order chi connectivity index (χ0) is 21.3. The molecule has 0 radical (unpaired) electrons. The first-order valence-electron chi connectivity index (χ1n) is 10.4. The zero-order valence-corrected chi connectivity index (χ0v) is 19.1. The van der Waals surface area contributed by atoms with Crippen molar-refractivity contribution in [2.45, 2.75) is 36.0 Å². The van der Waals surface area contributed by atoms with E-state index in [2.05, 4.69) is 30.0 Å². The highest BCUT2D eigenvalue weighted by Crippen LogP contribution is 2.59. The number of hydrogen-bond donors (Lipinski definition) is 0. The van der Waals surface area contributed by atoms with Gasteiger partial charge in [-0.1, -0.05) is 54.2 Å². The smallest absolute Gasteiger partial charge is 0.231 e. The molecule has 0 unspecified atom stereocenters. The Bertz CT molecular complexity index is 1120.